The number of hydrogen-bond donors (Lipinski definition) is 1. The van der Waals surface area contributed by atoms with E-state index in [1.165, 1.54) is 43.4 Å². The minimum Gasteiger partial charge on any atom is -0.497 e. The predicted octanol–water partition coefficient (Wildman–Crippen LogP) is 5.41. The average Bonchev–Trinajstić information content (AvgIpc) is 2.50. The highest BCUT2D eigenvalue weighted by molar-refractivity contribution is 5.54. The van der Waals surface area contributed by atoms with Gasteiger partial charge in [0, 0.05) is 11.7 Å². The Labute approximate surface area is 130 Å². The smallest absolute Gasteiger partial charge is 0.119 e. The van der Waals surface area contributed by atoms with Gasteiger partial charge in [-0.3, -0.25) is 0 Å². The van der Waals surface area contributed by atoms with E-state index in [9.17, 15) is 0 Å². The third-order valence-corrected chi connectivity index (χ3v) is 5.54. The van der Waals surface area contributed by atoms with Crippen molar-refractivity contribution >= 4 is 5.69 Å². The van der Waals surface area contributed by atoms with E-state index in [0.717, 1.165) is 11.7 Å². The van der Waals surface area contributed by atoms with Crippen LogP contribution < -0.4 is 10.1 Å². The molecule has 1 N–H and O–H groups in total. The fourth-order valence-corrected chi connectivity index (χ4v) is 3.45. The van der Waals surface area contributed by atoms with E-state index >= 15 is 0 Å². The van der Waals surface area contributed by atoms with E-state index in [4.69, 9.17) is 4.74 Å². The molecule has 2 heteroatoms. The van der Waals surface area contributed by atoms with Crippen LogP contribution in [0.1, 0.15) is 58.4 Å². The summed E-state index contributed by atoms with van der Waals surface area (Å²) < 4.78 is 5.28. The van der Waals surface area contributed by atoms with E-state index in [-0.39, 0.29) is 0 Å². The highest BCUT2D eigenvalue weighted by Crippen LogP contribution is 2.41. The van der Waals surface area contributed by atoms with Gasteiger partial charge in [-0.05, 0) is 67.7 Å². The summed E-state index contributed by atoms with van der Waals surface area (Å²) in [5.74, 6) is 1.82. The van der Waals surface area contributed by atoms with Gasteiger partial charge in [-0.25, -0.2) is 0 Å². The minimum atomic E-state index is 0.501. The monoisotopic (exact) mass is 289 g/mol. The van der Waals surface area contributed by atoms with Crippen LogP contribution in [0.25, 0.3) is 0 Å². The number of anilines is 1. The summed E-state index contributed by atoms with van der Waals surface area (Å²) in [7, 11) is 1.72. The van der Waals surface area contributed by atoms with Crippen LogP contribution in [0.2, 0.25) is 0 Å². The lowest BCUT2D eigenvalue weighted by Gasteiger charge is -2.39. The summed E-state index contributed by atoms with van der Waals surface area (Å²) in [6.45, 7) is 9.33. The molecule has 0 saturated heterocycles. The second kappa shape index (κ2) is 6.72. The topological polar surface area (TPSA) is 21.3 Å². The average molecular weight is 289 g/mol. The third kappa shape index (κ3) is 3.93. The van der Waals surface area contributed by atoms with Crippen molar-refractivity contribution in [2.75, 3.05) is 12.4 Å². The zero-order valence-electron chi connectivity index (χ0n) is 14.3. The first kappa shape index (κ1) is 16.2. The summed E-state index contributed by atoms with van der Waals surface area (Å²) in [6.07, 6.45) is 6.58. The fraction of sp³-hybridized carbons (Fsp3) is 0.684. The second-order valence-corrected chi connectivity index (χ2v) is 7.22. The molecule has 0 aromatic heterocycles. The number of nitrogens with one attached hydrogen (secondary N) is 1. The molecule has 1 fully saturated rings. The Morgan fingerprint density at radius 3 is 2.38 bits per heavy atom. The van der Waals surface area contributed by atoms with Gasteiger partial charge in [-0.15, -0.1) is 0 Å². The number of rotatable bonds is 5. The quantitative estimate of drug-likeness (QED) is 0.782. The maximum Gasteiger partial charge on any atom is 0.119 e. The van der Waals surface area contributed by atoms with Crippen LogP contribution in [0.4, 0.5) is 5.69 Å². The second-order valence-electron chi connectivity index (χ2n) is 7.22. The first-order chi connectivity index (χ1) is 9.96. The van der Waals surface area contributed by atoms with E-state index < -0.39 is 0 Å². The lowest BCUT2D eigenvalue weighted by Crippen LogP contribution is -2.32. The van der Waals surface area contributed by atoms with Gasteiger partial charge in [0.05, 0.1) is 7.11 Å². The highest BCUT2D eigenvalue weighted by Gasteiger charge is 2.31. The number of hydrogen-bond acceptors (Lipinski definition) is 2. The van der Waals surface area contributed by atoms with Gasteiger partial charge >= 0.3 is 0 Å². The molecule has 2 nitrogen and oxygen atoms in total. The largest absolute Gasteiger partial charge is 0.497 e. The van der Waals surface area contributed by atoms with Crippen molar-refractivity contribution in [3.8, 4) is 5.75 Å². The number of methoxy groups -OCH3 is 1. The number of benzene rings is 1. The van der Waals surface area contributed by atoms with Crippen LogP contribution >= 0.6 is 0 Å². The summed E-state index contributed by atoms with van der Waals surface area (Å²) in [5.41, 5.74) is 3.03. The molecule has 1 aliphatic rings. The predicted molar refractivity (Wildman–Crippen MR) is 91.2 cm³/mol. The molecule has 1 aromatic rings. The molecule has 0 spiro atoms. The molecule has 0 unspecified atom stereocenters. The van der Waals surface area contributed by atoms with E-state index in [1.54, 1.807) is 7.11 Å². The Kier molecular flexibility index (Phi) is 5.18. The van der Waals surface area contributed by atoms with Crippen LogP contribution in [-0.2, 0) is 0 Å². The molecular weight excluding hydrogens is 258 g/mol. The Balaban J connectivity index is 1.92. The summed E-state index contributed by atoms with van der Waals surface area (Å²) in [6, 6.07) is 6.92. The Hall–Kier alpha value is -1.18. The number of aryl methyl sites for hydroxylation is 1. The first-order valence-electron chi connectivity index (χ1n) is 8.37. The van der Waals surface area contributed by atoms with Crippen LogP contribution in [0, 0.1) is 18.3 Å². The molecule has 0 amide bonds. The SMILES string of the molecule is CCC(C)(C)C1CCC(Nc2ccc(OC)cc2C)CC1. The molecule has 0 aliphatic heterocycles. The molecule has 21 heavy (non-hydrogen) atoms. The van der Waals surface area contributed by atoms with Crippen LogP contribution in [0.15, 0.2) is 18.2 Å². The van der Waals surface area contributed by atoms with Crippen molar-refractivity contribution < 1.29 is 4.74 Å². The Morgan fingerprint density at radius 2 is 1.86 bits per heavy atom. The summed E-state index contributed by atoms with van der Waals surface area (Å²) in [5, 5.41) is 3.73. The minimum absolute atomic E-state index is 0.501. The molecule has 2 rings (SSSR count). The molecule has 118 valence electrons. The normalized spacial score (nSPS) is 22.9. The fourth-order valence-electron chi connectivity index (χ4n) is 3.45. The number of ether oxygens (including phenoxy) is 1. The zero-order chi connectivity index (χ0) is 15.5. The maximum absolute atomic E-state index is 5.28. The maximum atomic E-state index is 5.28. The van der Waals surface area contributed by atoms with E-state index in [1.807, 2.05) is 6.07 Å². The molecule has 1 aliphatic carbocycles. The van der Waals surface area contributed by atoms with Gasteiger partial charge in [0.2, 0.25) is 0 Å². The zero-order valence-corrected chi connectivity index (χ0v) is 14.3. The van der Waals surface area contributed by atoms with Crippen molar-refractivity contribution in [1.82, 2.24) is 0 Å². The van der Waals surface area contributed by atoms with Gasteiger partial charge in [0.15, 0.2) is 0 Å². The highest BCUT2D eigenvalue weighted by atomic mass is 16.5. The van der Waals surface area contributed by atoms with Crippen molar-refractivity contribution in [2.24, 2.45) is 11.3 Å². The molecule has 0 atom stereocenters. The molecule has 0 radical (unpaired) electrons. The molecule has 0 heterocycles. The molecular formula is C19H31NO. The van der Waals surface area contributed by atoms with Gasteiger partial charge < -0.3 is 10.1 Å². The van der Waals surface area contributed by atoms with E-state index in [0.29, 0.717) is 11.5 Å². The summed E-state index contributed by atoms with van der Waals surface area (Å²) >= 11 is 0. The van der Waals surface area contributed by atoms with Crippen molar-refractivity contribution in [3.05, 3.63) is 23.8 Å². The lowest BCUT2D eigenvalue weighted by molar-refractivity contribution is 0.147. The third-order valence-electron chi connectivity index (χ3n) is 5.54. The Bertz CT molecular complexity index is 459. The van der Waals surface area contributed by atoms with Crippen LogP contribution in [0.5, 0.6) is 5.75 Å². The van der Waals surface area contributed by atoms with Crippen molar-refractivity contribution in [3.63, 3.8) is 0 Å². The molecule has 0 bridgehead atoms. The molecule has 1 saturated carbocycles. The lowest BCUT2D eigenvalue weighted by atomic mass is 9.69. The van der Waals surface area contributed by atoms with Crippen molar-refractivity contribution in [2.45, 2.75) is 65.8 Å². The summed E-state index contributed by atoms with van der Waals surface area (Å²) in [4.78, 5) is 0. The van der Waals surface area contributed by atoms with Gasteiger partial charge in [-0.2, -0.15) is 0 Å². The van der Waals surface area contributed by atoms with Crippen LogP contribution in [0.3, 0.4) is 0 Å². The Morgan fingerprint density at radius 1 is 1.19 bits per heavy atom. The van der Waals surface area contributed by atoms with Crippen molar-refractivity contribution in [1.29, 1.82) is 0 Å². The van der Waals surface area contributed by atoms with Gasteiger partial charge in [0.1, 0.15) is 5.75 Å². The van der Waals surface area contributed by atoms with Gasteiger partial charge in [-0.1, -0.05) is 27.2 Å². The first-order valence-corrected chi connectivity index (χ1v) is 8.37. The van der Waals surface area contributed by atoms with E-state index in [2.05, 4.69) is 45.1 Å². The molecule has 1 aromatic carbocycles. The van der Waals surface area contributed by atoms with Crippen LogP contribution in [-0.4, -0.2) is 13.2 Å². The van der Waals surface area contributed by atoms with Gasteiger partial charge in [0.25, 0.3) is 0 Å². The standard InChI is InChI=1S/C19H31NO/c1-6-19(3,4)15-7-9-16(10-8-15)20-18-12-11-17(21-5)13-14(18)2/h11-13,15-16,20H,6-10H2,1-5H3.